The molecule has 4 atom stereocenters. The zero-order valence-corrected chi connectivity index (χ0v) is 12.6. The summed E-state index contributed by atoms with van der Waals surface area (Å²) in [6.45, 7) is 5.67. The molecular formula is C16H32N2. The van der Waals surface area contributed by atoms with Gasteiger partial charge in [-0.25, -0.2) is 0 Å². The summed E-state index contributed by atoms with van der Waals surface area (Å²) in [5.41, 5.74) is 5.94. The van der Waals surface area contributed by atoms with Crippen LogP contribution in [-0.4, -0.2) is 30.6 Å². The third-order valence-electron chi connectivity index (χ3n) is 5.65. The second kappa shape index (κ2) is 6.38. The van der Waals surface area contributed by atoms with Crippen molar-refractivity contribution in [1.82, 2.24) is 4.90 Å². The minimum atomic E-state index is 0.759. The van der Waals surface area contributed by atoms with E-state index >= 15 is 0 Å². The first kappa shape index (κ1) is 14.3. The minimum Gasteiger partial charge on any atom is -0.330 e. The molecule has 0 radical (unpaired) electrons. The predicted molar refractivity (Wildman–Crippen MR) is 78.5 cm³/mol. The standard InChI is InChI=1S/C16H32N2/c1-12(2)13-6-4-8-15(10-13)18(3)16-9-5-7-14(16)11-17/h12-16H,4-11,17H2,1-3H3. The highest BCUT2D eigenvalue weighted by atomic mass is 15.2. The van der Waals surface area contributed by atoms with Crippen LogP contribution in [0, 0.1) is 17.8 Å². The first-order valence-electron chi connectivity index (χ1n) is 8.05. The van der Waals surface area contributed by atoms with Gasteiger partial charge in [0.2, 0.25) is 0 Å². The van der Waals surface area contributed by atoms with Crippen molar-refractivity contribution in [1.29, 1.82) is 0 Å². The van der Waals surface area contributed by atoms with Gasteiger partial charge in [0, 0.05) is 12.1 Å². The molecule has 2 rings (SSSR count). The molecular weight excluding hydrogens is 220 g/mol. The molecule has 18 heavy (non-hydrogen) atoms. The molecule has 0 aromatic carbocycles. The summed E-state index contributed by atoms with van der Waals surface area (Å²) in [6, 6.07) is 1.59. The van der Waals surface area contributed by atoms with Gasteiger partial charge in [-0.15, -0.1) is 0 Å². The fourth-order valence-electron chi connectivity index (χ4n) is 4.28. The highest BCUT2D eigenvalue weighted by Gasteiger charge is 2.35. The van der Waals surface area contributed by atoms with E-state index in [1.54, 1.807) is 0 Å². The van der Waals surface area contributed by atoms with Crippen LogP contribution in [0.25, 0.3) is 0 Å². The normalized spacial score (nSPS) is 37.7. The number of hydrogen-bond donors (Lipinski definition) is 1. The zero-order chi connectivity index (χ0) is 13.1. The SMILES string of the molecule is CC(C)C1CCCC(N(C)C2CCCC2CN)C1. The average Bonchev–Trinajstić information content (AvgIpc) is 2.86. The topological polar surface area (TPSA) is 29.3 Å². The Morgan fingerprint density at radius 3 is 2.50 bits per heavy atom. The third kappa shape index (κ3) is 3.08. The van der Waals surface area contributed by atoms with Crippen molar-refractivity contribution < 1.29 is 0 Å². The van der Waals surface area contributed by atoms with Crippen molar-refractivity contribution in [2.45, 2.75) is 70.9 Å². The minimum absolute atomic E-state index is 0.759. The van der Waals surface area contributed by atoms with E-state index in [9.17, 15) is 0 Å². The maximum absolute atomic E-state index is 5.94. The van der Waals surface area contributed by atoms with Crippen LogP contribution in [0.4, 0.5) is 0 Å². The fourth-order valence-corrected chi connectivity index (χ4v) is 4.28. The van der Waals surface area contributed by atoms with Crippen LogP contribution in [0.15, 0.2) is 0 Å². The Hall–Kier alpha value is -0.0800. The molecule has 0 heterocycles. The molecule has 2 fully saturated rings. The van der Waals surface area contributed by atoms with Gasteiger partial charge < -0.3 is 10.6 Å². The Balaban J connectivity index is 1.93. The molecule has 2 aliphatic carbocycles. The van der Waals surface area contributed by atoms with Gasteiger partial charge in [-0.2, -0.15) is 0 Å². The van der Waals surface area contributed by atoms with Crippen molar-refractivity contribution in [2.75, 3.05) is 13.6 Å². The van der Waals surface area contributed by atoms with Gasteiger partial charge in [-0.3, -0.25) is 0 Å². The highest BCUT2D eigenvalue weighted by molar-refractivity contribution is 4.90. The Labute approximate surface area is 113 Å². The van der Waals surface area contributed by atoms with Gasteiger partial charge in [-0.05, 0) is 57.0 Å². The summed E-state index contributed by atoms with van der Waals surface area (Å²) in [7, 11) is 2.37. The number of nitrogens with zero attached hydrogens (tertiary/aromatic N) is 1. The van der Waals surface area contributed by atoms with E-state index in [-0.39, 0.29) is 0 Å². The number of hydrogen-bond acceptors (Lipinski definition) is 2. The molecule has 2 saturated carbocycles. The van der Waals surface area contributed by atoms with Crippen molar-refractivity contribution in [2.24, 2.45) is 23.5 Å². The lowest BCUT2D eigenvalue weighted by molar-refractivity contribution is 0.0842. The van der Waals surface area contributed by atoms with E-state index in [1.807, 2.05) is 0 Å². The van der Waals surface area contributed by atoms with E-state index in [2.05, 4.69) is 25.8 Å². The van der Waals surface area contributed by atoms with Crippen LogP contribution < -0.4 is 5.73 Å². The molecule has 0 aromatic heterocycles. The van der Waals surface area contributed by atoms with Crippen LogP contribution in [-0.2, 0) is 0 Å². The van der Waals surface area contributed by atoms with Crippen molar-refractivity contribution in [3.8, 4) is 0 Å². The van der Waals surface area contributed by atoms with Crippen molar-refractivity contribution >= 4 is 0 Å². The fraction of sp³-hybridized carbons (Fsp3) is 1.00. The summed E-state index contributed by atoms with van der Waals surface area (Å²) in [5.74, 6) is 2.56. The average molecular weight is 252 g/mol. The lowest BCUT2D eigenvalue weighted by Crippen LogP contribution is -2.46. The Morgan fingerprint density at radius 1 is 1.11 bits per heavy atom. The summed E-state index contributed by atoms with van der Waals surface area (Å²) in [5, 5.41) is 0. The summed E-state index contributed by atoms with van der Waals surface area (Å²) in [6.07, 6.45) is 9.82. The lowest BCUT2D eigenvalue weighted by Gasteiger charge is -2.41. The molecule has 0 saturated heterocycles. The third-order valence-corrected chi connectivity index (χ3v) is 5.65. The van der Waals surface area contributed by atoms with Gasteiger partial charge in [-0.1, -0.05) is 33.1 Å². The van der Waals surface area contributed by atoms with E-state index in [0.717, 1.165) is 36.4 Å². The molecule has 4 unspecified atom stereocenters. The summed E-state index contributed by atoms with van der Waals surface area (Å²) >= 11 is 0. The monoisotopic (exact) mass is 252 g/mol. The largest absolute Gasteiger partial charge is 0.330 e. The van der Waals surface area contributed by atoms with E-state index in [4.69, 9.17) is 5.73 Å². The first-order chi connectivity index (χ1) is 8.63. The van der Waals surface area contributed by atoms with Crippen molar-refractivity contribution in [3.05, 3.63) is 0 Å². The second-order valence-electron chi connectivity index (χ2n) is 6.98. The van der Waals surface area contributed by atoms with Crippen LogP contribution >= 0.6 is 0 Å². The summed E-state index contributed by atoms with van der Waals surface area (Å²) < 4.78 is 0. The maximum Gasteiger partial charge on any atom is 0.0135 e. The molecule has 2 heteroatoms. The van der Waals surface area contributed by atoms with Gasteiger partial charge in [0.1, 0.15) is 0 Å². The van der Waals surface area contributed by atoms with E-state index in [1.165, 1.54) is 44.9 Å². The van der Waals surface area contributed by atoms with Gasteiger partial charge in [0.05, 0.1) is 0 Å². The van der Waals surface area contributed by atoms with Crippen LogP contribution in [0.5, 0.6) is 0 Å². The number of nitrogens with two attached hydrogens (primary N) is 1. The molecule has 0 amide bonds. The van der Waals surface area contributed by atoms with Gasteiger partial charge >= 0.3 is 0 Å². The number of rotatable bonds is 4. The Morgan fingerprint density at radius 2 is 1.83 bits per heavy atom. The highest BCUT2D eigenvalue weighted by Crippen LogP contribution is 2.36. The lowest BCUT2D eigenvalue weighted by atomic mass is 9.78. The van der Waals surface area contributed by atoms with Crippen LogP contribution in [0.1, 0.15) is 58.8 Å². The molecule has 106 valence electrons. The molecule has 0 aliphatic heterocycles. The zero-order valence-electron chi connectivity index (χ0n) is 12.6. The van der Waals surface area contributed by atoms with E-state index < -0.39 is 0 Å². The maximum atomic E-state index is 5.94. The van der Waals surface area contributed by atoms with Crippen LogP contribution in [0.3, 0.4) is 0 Å². The molecule has 2 N–H and O–H groups in total. The van der Waals surface area contributed by atoms with Crippen LogP contribution in [0.2, 0.25) is 0 Å². The Bertz CT molecular complexity index is 251. The predicted octanol–water partition coefficient (Wildman–Crippen LogP) is 3.26. The Kier molecular flexibility index (Phi) is 5.08. The first-order valence-corrected chi connectivity index (χ1v) is 8.05. The van der Waals surface area contributed by atoms with Gasteiger partial charge in [0.15, 0.2) is 0 Å². The molecule has 2 nitrogen and oxygen atoms in total. The van der Waals surface area contributed by atoms with E-state index in [0.29, 0.717) is 0 Å². The smallest absolute Gasteiger partial charge is 0.0135 e. The molecule has 0 aromatic rings. The quantitative estimate of drug-likeness (QED) is 0.832. The molecule has 2 aliphatic rings. The molecule has 0 spiro atoms. The second-order valence-corrected chi connectivity index (χ2v) is 6.98. The molecule has 0 bridgehead atoms. The van der Waals surface area contributed by atoms with Crippen molar-refractivity contribution in [3.63, 3.8) is 0 Å². The van der Waals surface area contributed by atoms with Gasteiger partial charge in [0.25, 0.3) is 0 Å². The summed E-state index contributed by atoms with van der Waals surface area (Å²) in [4.78, 5) is 2.71.